The minimum Gasteiger partial charge on any atom is -0.350 e. The van der Waals surface area contributed by atoms with Gasteiger partial charge in [0, 0.05) is 18.7 Å². The molecule has 3 heterocycles. The smallest absolute Gasteiger partial charge is 0.259 e. The lowest BCUT2D eigenvalue weighted by Crippen LogP contribution is -2.27. The number of rotatable bonds is 5. The number of fused-ring (bicyclic) bond motifs is 2. The van der Waals surface area contributed by atoms with E-state index in [0.717, 1.165) is 28.0 Å². The fourth-order valence-corrected chi connectivity index (χ4v) is 4.00. The monoisotopic (exact) mass is 425 g/mol. The van der Waals surface area contributed by atoms with Gasteiger partial charge in [0.2, 0.25) is 0 Å². The molecule has 160 valence electrons. The maximum absolute atomic E-state index is 13.2. The molecule has 7 heteroatoms. The third-order valence-corrected chi connectivity index (χ3v) is 5.68. The molecule has 0 saturated heterocycles. The topological polar surface area (TPSA) is 85.8 Å². The molecule has 5 rings (SSSR count). The van der Waals surface area contributed by atoms with Crippen LogP contribution in [0.2, 0.25) is 0 Å². The van der Waals surface area contributed by atoms with Crippen LogP contribution in [0.25, 0.3) is 33.4 Å². The molecule has 0 aliphatic heterocycles. The van der Waals surface area contributed by atoms with Gasteiger partial charge in [0.15, 0.2) is 0 Å². The average molecular weight is 425 g/mol. The number of imidazole rings is 1. The molecule has 1 amide bonds. The molecule has 0 radical (unpaired) electrons. The maximum atomic E-state index is 13.2. The van der Waals surface area contributed by atoms with Gasteiger partial charge in [0.25, 0.3) is 11.6 Å². The van der Waals surface area contributed by atoms with Crippen molar-refractivity contribution in [3.63, 3.8) is 0 Å². The highest BCUT2D eigenvalue weighted by molar-refractivity contribution is 6.07. The minimum absolute atomic E-state index is 0.181. The van der Waals surface area contributed by atoms with Gasteiger partial charge in [-0.3, -0.25) is 4.79 Å². The molecule has 0 aliphatic carbocycles. The number of pyridine rings is 1. The lowest BCUT2D eigenvalue weighted by molar-refractivity contribution is 0.0954. The Morgan fingerprint density at radius 2 is 1.81 bits per heavy atom. The number of hydrogen-bond acceptors (Lipinski definition) is 5. The highest BCUT2D eigenvalue weighted by Gasteiger charge is 2.19. The van der Waals surface area contributed by atoms with Crippen LogP contribution >= 0.6 is 0 Å². The predicted octanol–water partition coefficient (Wildman–Crippen LogP) is 4.59. The highest BCUT2D eigenvalue weighted by atomic mass is 16.5. The summed E-state index contributed by atoms with van der Waals surface area (Å²) < 4.78 is 7.51. The first-order chi connectivity index (χ1) is 15.5. The number of aryl methyl sites for hydroxylation is 3. The largest absolute Gasteiger partial charge is 0.350 e. The van der Waals surface area contributed by atoms with Gasteiger partial charge in [-0.1, -0.05) is 47.1 Å². The van der Waals surface area contributed by atoms with Gasteiger partial charge in [-0.15, -0.1) is 0 Å². The van der Waals surface area contributed by atoms with Gasteiger partial charge in [-0.2, -0.15) is 0 Å². The second kappa shape index (κ2) is 7.92. The first-order valence-electron chi connectivity index (χ1n) is 10.6. The van der Waals surface area contributed by atoms with Crippen LogP contribution in [-0.4, -0.2) is 32.1 Å². The van der Waals surface area contributed by atoms with Crippen LogP contribution in [0, 0.1) is 20.8 Å². The molecule has 2 aromatic carbocycles. The van der Waals surface area contributed by atoms with Crippen molar-refractivity contribution in [1.29, 1.82) is 0 Å². The van der Waals surface area contributed by atoms with E-state index < -0.39 is 0 Å². The molecule has 32 heavy (non-hydrogen) atoms. The molecular weight excluding hydrogens is 402 g/mol. The van der Waals surface area contributed by atoms with Gasteiger partial charge < -0.3 is 14.4 Å². The third-order valence-electron chi connectivity index (χ3n) is 5.68. The summed E-state index contributed by atoms with van der Waals surface area (Å²) in [5, 5.41) is 7.71. The molecule has 3 aromatic heterocycles. The average Bonchev–Trinajstić information content (AvgIpc) is 3.33. The number of nitrogens with zero attached hydrogens (tertiary/aromatic N) is 4. The zero-order valence-corrected chi connectivity index (χ0v) is 18.2. The number of para-hydroxylation sites is 2. The lowest BCUT2D eigenvalue weighted by atomic mass is 10.0. The Bertz CT molecular complexity index is 1450. The molecule has 7 nitrogen and oxygen atoms in total. The molecule has 0 aliphatic rings. The van der Waals surface area contributed by atoms with Gasteiger partial charge in [0.1, 0.15) is 5.82 Å². The van der Waals surface area contributed by atoms with Crippen LogP contribution in [0.3, 0.4) is 0 Å². The Morgan fingerprint density at radius 3 is 2.62 bits per heavy atom. The zero-order chi connectivity index (χ0) is 22.2. The summed E-state index contributed by atoms with van der Waals surface area (Å²) in [5.74, 6) is 0.738. The van der Waals surface area contributed by atoms with Crippen molar-refractivity contribution >= 4 is 28.0 Å². The summed E-state index contributed by atoms with van der Waals surface area (Å²) in [5.41, 5.74) is 6.28. The second-order valence-corrected chi connectivity index (χ2v) is 7.92. The molecule has 0 unspecified atom stereocenters. The summed E-state index contributed by atoms with van der Waals surface area (Å²) >= 11 is 0. The van der Waals surface area contributed by atoms with Crippen LogP contribution in [0.5, 0.6) is 0 Å². The van der Waals surface area contributed by atoms with E-state index in [2.05, 4.69) is 25.0 Å². The summed E-state index contributed by atoms with van der Waals surface area (Å²) in [6.07, 6.45) is 0. The van der Waals surface area contributed by atoms with Crippen LogP contribution < -0.4 is 5.32 Å². The summed E-state index contributed by atoms with van der Waals surface area (Å²) in [6.45, 7) is 6.91. The molecule has 0 saturated carbocycles. The molecule has 0 spiro atoms. The van der Waals surface area contributed by atoms with Crippen molar-refractivity contribution in [1.82, 2.24) is 25.0 Å². The van der Waals surface area contributed by atoms with E-state index >= 15 is 0 Å². The third kappa shape index (κ3) is 3.51. The molecular formula is C25H23N5O2. The maximum Gasteiger partial charge on any atom is 0.259 e. The number of carbonyl (C=O) groups is 1. The fraction of sp³-hybridized carbons (Fsp3) is 0.200. The number of carbonyl (C=O) groups excluding carboxylic acids is 1. The Hall–Kier alpha value is -4.00. The molecule has 5 aromatic rings. The van der Waals surface area contributed by atoms with Crippen LogP contribution in [-0.2, 0) is 6.54 Å². The fourth-order valence-electron chi connectivity index (χ4n) is 4.00. The van der Waals surface area contributed by atoms with E-state index in [9.17, 15) is 4.79 Å². The normalized spacial score (nSPS) is 11.3. The van der Waals surface area contributed by atoms with Gasteiger partial charge in [0.05, 0.1) is 33.4 Å². The second-order valence-electron chi connectivity index (χ2n) is 7.92. The number of hydrogen-bond donors (Lipinski definition) is 1. The quantitative estimate of drug-likeness (QED) is 0.445. The molecule has 0 bridgehead atoms. The Balaban J connectivity index is 1.43. The van der Waals surface area contributed by atoms with Crippen molar-refractivity contribution in [2.45, 2.75) is 27.3 Å². The van der Waals surface area contributed by atoms with Gasteiger partial charge >= 0.3 is 0 Å². The van der Waals surface area contributed by atoms with Crippen molar-refractivity contribution in [2.75, 3.05) is 6.54 Å². The lowest BCUT2D eigenvalue weighted by Gasteiger charge is -2.10. The van der Waals surface area contributed by atoms with Gasteiger partial charge in [-0.25, -0.2) is 9.97 Å². The van der Waals surface area contributed by atoms with Crippen molar-refractivity contribution < 1.29 is 9.32 Å². The van der Waals surface area contributed by atoms with Crippen molar-refractivity contribution in [3.8, 4) is 11.3 Å². The minimum atomic E-state index is -0.181. The van der Waals surface area contributed by atoms with Crippen LogP contribution in [0.1, 0.15) is 27.4 Å². The van der Waals surface area contributed by atoms with Crippen LogP contribution in [0.4, 0.5) is 0 Å². The van der Waals surface area contributed by atoms with Crippen molar-refractivity contribution in [2.24, 2.45) is 0 Å². The van der Waals surface area contributed by atoms with Gasteiger partial charge in [-0.05, 0) is 39.0 Å². The SMILES string of the molecule is Cc1ccc(-c2cc(C(=O)NCCn3c(C)nc4ccccc43)c3c(C)noc3n2)cc1. The van der Waals surface area contributed by atoms with E-state index in [0.29, 0.717) is 41.1 Å². The predicted molar refractivity (Wildman–Crippen MR) is 124 cm³/mol. The Morgan fingerprint density at radius 1 is 1.03 bits per heavy atom. The van der Waals surface area contributed by atoms with Crippen molar-refractivity contribution in [3.05, 3.63) is 77.2 Å². The summed E-state index contributed by atoms with van der Waals surface area (Å²) in [4.78, 5) is 22.4. The Labute approximate surface area is 185 Å². The summed E-state index contributed by atoms with van der Waals surface area (Å²) in [6, 6.07) is 17.8. The number of nitrogens with one attached hydrogen (secondary N) is 1. The Kier molecular flexibility index (Phi) is 4.93. The first kappa shape index (κ1) is 19.9. The molecule has 0 atom stereocenters. The van der Waals surface area contributed by atoms with E-state index in [1.165, 1.54) is 0 Å². The van der Waals surface area contributed by atoms with E-state index in [-0.39, 0.29) is 5.91 Å². The van der Waals surface area contributed by atoms with E-state index in [4.69, 9.17) is 4.52 Å². The highest BCUT2D eigenvalue weighted by Crippen LogP contribution is 2.27. The number of aromatic nitrogens is 4. The molecule has 0 fully saturated rings. The first-order valence-corrected chi connectivity index (χ1v) is 10.6. The van der Waals surface area contributed by atoms with E-state index in [1.54, 1.807) is 0 Å². The molecule has 1 N–H and O–H groups in total. The standard InChI is InChI=1S/C25H23N5O2/c1-15-8-10-18(11-9-15)21-14-19(23-16(2)29-32-25(23)28-21)24(31)26-12-13-30-17(3)27-20-6-4-5-7-22(20)30/h4-11,14H,12-13H2,1-3H3,(H,26,31). The summed E-state index contributed by atoms with van der Waals surface area (Å²) in [7, 11) is 0. The number of benzene rings is 2. The number of amides is 1. The van der Waals surface area contributed by atoms with E-state index in [1.807, 2.05) is 75.4 Å². The zero-order valence-electron chi connectivity index (χ0n) is 18.2. The van der Waals surface area contributed by atoms with Crippen LogP contribution in [0.15, 0.2) is 59.1 Å².